The van der Waals surface area contributed by atoms with Crippen molar-refractivity contribution in [2.45, 2.75) is 6.92 Å². The van der Waals surface area contributed by atoms with Gasteiger partial charge in [0.1, 0.15) is 0 Å². The molecule has 6 nitrogen and oxygen atoms in total. The highest BCUT2D eigenvalue weighted by Gasteiger charge is 2.15. The van der Waals surface area contributed by atoms with Crippen LogP contribution in [-0.2, 0) is 0 Å². The van der Waals surface area contributed by atoms with E-state index < -0.39 is 5.91 Å². The van der Waals surface area contributed by atoms with Crippen molar-refractivity contribution < 1.29 is 4.79 Å². The molecule has 8 heteroatoms. The maximum atomic E-state index is 12.2. The summed E-state index contributed by atoms with van der Waals surface area (Å²) < 4.78 is 2.34. The van der Waals surface area contributed by atoms with E-state index >= 15 is 0 Å². The van der Waals surface area contributed by atoms with Crippen LogP contribution in [0, 0.1) is 6.92 Å². The number of benzene rings is 1. The summed E-state index contributed by atoms with van der Waals surface area (Å²) in [7, 11) is 0. The molecular weight excluding hydrogens is 358 g/mol. The van der Waals surface area contributed by atoms with Crippen LogP contribution in [0.15, 0.2) is 34.9 Å². The van der Waals surface area contributed by atoms with Crippen LogP contribution in [0.3, 0.4) is 0 Å². The number of hydrogen-bond donors (Lipinski definition) is 1. The minimum absolute atomic E-state index is 0.0378. The first-order chi connectivity index (χ1) is 10.0. The Bertz CT molecular complexity index is 848. The Kier molecular flexibility index (Phi) is 3.60. The van der Waals surface area contributed by atoms with Crippen molar-refractivity contribution in [1.29, 1.82) is 0 Å². The van der Waals surface area contributed by atoms with Crippen LogP contribution < -0.4 is 5.32 Å². The average Bonchev–Trinajstić information content (AvgIpc) is 2.87. The summed E-state index contributed by atoms with van der Waals surface area (Å²) in [5, 5.41) is 7.24. The van der Waals surface area contributed by atoms with Crippen LogP contribution in [0.2, 0.25) is 5.02 Å². The molecular formula is C13H9BrClN5O. The number of nitrogens with zero attached hydrogens (tertiary/aromatic N) is 4. The maximum Gasteiger partial charge on any atom is 0.295 e. The zero-order chi connectivity index (χ0) is 15.0. The second-order valence-corrected chi connectivity index (χ2v) is 5.63. The van der Waals surface area contributed by atoms with Crippen LogP contribution in [-0.4, -0.2) is 25.5 Å². The highest BCUT2D eigenvalue weighted by molar-refractivity contribution is 9.10. The molecule has 2 aromatic heterocycles. The van der Waals surface area contributed by atoms with Gasteiger partial charge in [0.05, 0.1) is 10.7 Å². The molecule has 0 spiro atoms. The van der Waals surface area contributed by atoms with Gasteiger partial charge in [0.25, 0.3) is 11.7 Å². The van der Waals surface area contributed by atoms with E-state index in [-0.39, 0.29) is 5.82 Å². The van der Waals surface area contributed by atoms with Gasteiger partial charge >= 0.3 is 0 Å². The van der Waals surface area contributed by atoms with E-state index in [0.717, 1.165) is 10.2 Å². The van der Waals surface area contributed by atoms with Crippen molar-refractivity contribution in [3.8, 4) is 0 Å². The number of carbonyl (C=O) groups excluding carboxylic acids is 1. The zero-order valence-electron chi connectivity index (χ0n) is 10.8. The molecule has 1 N–H and O–H groups in total. The molecule has 3 rings (SSSR count). The molecule has 0 saturated heterocycles. The van der Waals surface area contributed by atoms with Gasteiger partial charge in [-0.2, -0.15) is 4.98 Å². The summed E-state index contributed by atoms with van der Waals surface area (Å²) in [6.07, 6.45) is 1.62. The minimum atomic E-state index is -0.441. The Labute approximate surface area is 133 Å². The van der Waals surface area contributed by atoms with Crippen molar-refractivity contribution in [2.75, 3.05) is 5.32 Å². The molecule has 0 aliphatic rings. The van der Waals surface area contributed by atoms with Gasteiger partial charge in [-0.3, -0.25) is 4.79 Å². The lowest BCUT2D eigenvalue weighted by Crippen LogP contribution is -2.14. The van der Waals surface area contributed by atoms with Crippen molar-refractivity contribution in [3.05, 3.63) is 51.5 Å². The Morgan fingerprint density at radius 2 is 2.19 bits per heavy atom. The Hall–Kier alpha value is -1.99. The van der Waals surface area contributed by atoms with E-state index in [1.54, 1.807) is 30.5 Å². The van der Waals surface area contributed by atoms with Crippen molar-refractivity contribution in [1.82, 2.24) is 19.6 Å². The molecule has 0 fully saturated rings. The van der Waals surface area contributed by atoms with Gasteiger partial charge in [0.2, 0.25) is 5.82 Å². The molecule has 0 aliphatic heterocycles. The number of nitrogens with one attached hydrogen (secondary N) is 1. The quantitative estimate of drug-likeness (QED) is 0.756. The predicted molar refractivity (Wildman–Crippen MR) is 82.6 cm³/mol. The van der Waals surface area contributed by atoms with Crippen LogP contribution in [0.5, 0.6) is 0 Å². The van der Waals surface area contributed by atoms with Crippen LogP contribution in [0.25, 0.3) is 5.78 Å². The number of aromatic nitrogens is 4. The normalized spacial score (nSPS) is 10.8. The van der Waals surface area contributed by atoms with Crippen LogP contribution in [0.4, 0.5) is 5.69 Å². The fourth-order valence-corrected chi connectivity index (χ4v) is 2.49. The summed E-state index contributed by atoms with van der Waals surface area (Å²) in [6, 6.07) is 6.96. The lowest BCUT2D eigenvalue weighted by Gasteiger charge is -2.05. The summed E-state index contributed by atoms with van der Waals surface area (Å²) in [5.74, 6) is -0.0260. The predicted octanol–water partition coefficient (Wildman–Crippen LogP) is 3.10. The molecule has 106 valence electrons. The number of anilines is 1. The third-order valence-corrected chi connectivity index (χ3v) is 3.62. The van der Waals surface area contributed by atoms with E-state index in [4.69, 9.17) is 11.6 Å². The van der Waals surface area contributed by atoms with Gasteiger partial charge in [-0.05, 0) is 31.2 Å². The number of fused-ring (bicyclic) bond motifs is 1. The van der Waals surface area contributed by atoms with Gasteiger partial charge in [0.15, 0.2) is 0 Å². The number of hydrogen-bond acceptors (Lipinski definition) is 4. The van der Waals surface area contributed by atoms with E-state index in [1.165, 1.54) is 4.52 Å². The van der Waals surface area contributed by atoms with Crippen molar-refractivity contribution in [3.63, 3.8) is 0 Å². The molecule has 1 amide bonds. The van der Waals surface area contributed by atoms with E-state index in [2.05, 4.69) is 36.3 Å². The molecule has 21 heavy (non-hydrogen) atoms. The molecule has 0 bridgehead atoms. The third-order valence-electron chi connectivity index (χ3n) is 2.81. The minimum Gasteiger partial charge on any atom is -0.318 e. The Balaban J connectivity index is 1.92. The fraction of sp³-hybridized carbons (Fsp3) is 0.0769. The topological polar surface area (TPSA) is 72.2 Å². The SMILES string of the molecule is Cc1ccnc2nc(C(=O)Nc3ccc(Br)cc3Cl)nn12. The van der Waals surface area contributed by atoms with Gasteiger partial charge in [0, 0.05) is 16.4 Å². The first kappa shape index (κ1) is 14.0. The smallest absolute Gasteiger partial charge is 0.295 e. The highest BCUT2D eigenvalue weighted by atomic mass is 79.9. The fourth-order valence-electron chi connectivity index (χ4n) is 1.77. The molecule has 1 aromatic carbocycles. The molecule has 0 saturated carbocycles. The van der Waals surface area contributed by atoms with Gasteiger partial charge in [-0.25, -0.2) is 9.50 Å². The lowest BCUT2D eigenvalue weighted by atomic mass is 10.3. The molecule has 3 aromatic rings. The number of rotatable bonds is 2. The maximum absolute atomic E-state index is 12.2. The summed E-state index contributed by atoms with van der Waals surface area (Å²) in [4.78, 5) is 20.3. The molecule has 0 unspecified atom stereocenters. The first-order valence-corrected chi connectivity index (χ1v) is 7.16. The van der Waals surface area contributed by atoms with Crippen molar-refractivity contribution >= 4 is 44.9 Å². The molecule has 0 atom stereocenters. The molecule has 2 heterocycles. The van der Waals surface area contributed by atoms with Crippen LogP contribution in [0.1, 0.15) is 16.3 Å². The average molecular weight is 367 g/mol. The molecule has 0 aliphatic carbocycles. The number of carbonyl (C=O) groups is 1. The second-order valence-electron chi connectivity index (χ2n) is 4.31. The number of halogens is 2. The van der Waals surface area contributed by atoms with Crippen LogP contribution >= 0.6 is 27.5 Å². The zero-order valence-corrected chi connectivity index (χ0v) is 13.2. The van der Waals surface area contributed by atoms with Gasteiger partial charge in [-0.1, -0.05) is 27.5 Å². The summed E-state index contributed by atoms with van der Waals surface area (Å²) in [5.41, 5.74) is 1.33. The number of amides is 1. The third kappa shape index (κ3) is 2.74. The Morgan fingerprint density at radius 1 is 1.38 bits per heavy atom. The van der Waals surface area contributed by atoms with E-state index in [0.29, 0.717) is 16.5 Å². The standard InChI is InChI=1S/C13H9BrClN5O/c1-7-4-5-16-13-18-11(19-20(7)13)12(21)17-10-3-2-8(14)6-9(10)15/h2-6H,1H3,(H,17,21). The number of aryl methyl sites for hydroxylation is 1. The summed E-state index contributed by atoms with van der Waals surface area (Å²) >= 11 is 9.37. The lowest BCUT2D eigenvalue weighted by molar-refractivity contribution is 0.101. The second kappa shape index (κ2) is 5.42. The monoisotopic (exact) mass is 365 g/mol. The largest absolute Gasteiger partial charge is 0.318 e. The van der Waals surface area contributed by atoms with E-state index in [9.17, 15) is 4.79 Å². The molecule has 0 radical (unpaired) electrons. The van der Waals surface area contributed by atoms with E-state index in [1.807, 2.05) is 6.92 Å². The van der Waals surface area contributed by atoms with Crippen molar-refractivity contribution in [2.24, 2.45) is 0 Å². The first-order valence-electron chi connectivity index (χ1n) is 5.99. The summed E-state index contributed by atoms with van der Waals surface area (Å²) in [6.45, 7) is 1.86. The highest BCUT2D eigenvalue weighted by Crippen LogP contribution is 2.25. The van der Waals surface area contributed by atoms with Gasteiger partial charge < -0.3 is 5.32 Å². The van der Waals surface area contributed by atoms with Gasteiger partial charge in [-0.15, -0.1) is 5.10 Å². The Morgan fingerprint density at radius 3 is 2.90 bits per heavy atom.